The summed E-state index contributed by atoms with van der Waals surface area (Å²) in [5.74, 6) is 0. The molecule has 0 amide bonds. The average Bonchev–Trinajstić information content (AvgIpc) is 2.99. The zero-order chi connectivity index (χ0) is 15.3. The van der Waals surface area contributed by atoms with Crippen molar-refractivity contribution in [1.82, 2.24) is 13.9 Å². The van der Waals surface area contributed by atoms with E-state index in [1.165, 1.54) is 15.8 Å². The molecule has 0 spiro atoms. The lowest BCUT2D eigenvalue weighted by atomic mass is 10.2. The van der Waals surface area contributed by atoms with Crippen LogP contribution in [0.25, 0.3) is 11.3 Å². The van der Waals surface area contributed by atoms with Crippen molar-refractivity contribution in [2.24, 2.45) is 0 Å². The van der Waals surface area contributed by atoms with E-state index in [1.807, 2.05) is 24.4 Å². The fourth-order valence-electron chi connectivity index (χ4n) is 1.73. The molecule has 2 aromatic rings. The fraction of sp³-hybridized carbons (Fsp3) is 0.385. The van der Waals surface area contributed by atoms with Crippen molar-refractivity contribution in [3.05, 3.63) is 29.6 Å². The van der Waals surface area contributed by atoms with Crippen molar-refractivity contribution in [3.8, 4) is 11.3 Å². The van der Waals surface area contributed by atoms with Crippen LogP contribution in [0.5, 0.6) is 0 Å². The van der Waals surface area contributed by atoms with Crippen molar-refractivity contribution < 1.29 is 8.42 Å². The Bertz CT molecular complexity index is 654. The molecule has 0 radical (unpaired) electrons. The highest BCUT2D eigenvalue weighted by Crippen LogP contribution is 2.20. The first kappa shape index (κ1) is 15.9. The van der Waals surface area contributed by atoms with Gasteiger partial charge in [-0.15, -0.1) is 5.10 Å². The monoisotopic (exact) mass is 326 g/mol. The molecule has 0 saturated carbocycles. The second kappa shape index (κ2) is 6.97. The second-order valence-corrected chi connectivity index (χ2v) is 7.04. The van der Waals surface area contributed by atoms with Crippen molar-refractivity contribution in [1.29, 1.82) is 0 Å². The number of benzene rings is 1. The summed E-state index contributed by atoms with van der Waals surface area (Å²) < 4.78 is 31.9. The van der Waals surface area contributed by atoms with Gasteiger partial charge in [0, 0.05) is 30.2 Å². The molecule has 1 aromatic carbocycles. The number of aromatic nitrogens is 2. The summed E-state index contributed by atoms with van der Waals surface area (Å²) >= 11 is 1.28. The summed E-state index contributed by atoms with van der Waals surface area (Å²) in [7, 11) is -1.92. The maximum Gasteiger partial charge on any atom is 0.301 e. The van der Waals surface area contributed by atoms with Gasteiger partial charge in [-0.05, 0) is 30.1 Å². The number of rotatable bonds is 7. The van der Waals surface area contributed by atoms with Gasteiger partial charge in [0.25, 0.3) is 0 Å². The van der Waals surface area contributed by atoms with E-state index < -0.39 is 10.2 Å². The maximum atomic E-state index is 12.1. The summed E-state index contributed by atoms with van der Waals surface area (Å²) in [5, 5.41) is 5.82. The van der Waals surface area contributed by atoms with Crippen molar-refractivity contribution >= 4 is 27.4 Å². The Labute approximate surface area is 129 Å². The number of anilines is 1. The summed E-state index contributed by atoms with van der Waals surface area (Å²) in [4.78, 5) is 0. The molecule has 8 heteroatoms. The molecule has 0 aliphatic rings. The fourth-order valence-corrected chi connectivity index (χ4v) is 3.15. The molecule has 1 N–H and O–H groups in total. The standard InChI is InChI=1S/C13H18N4O2S2/c1-3-4-9-17(2)21(18,19)15-12-7-5-11(6-8-12)13-10-20-16-14-13/h5-8,10,15H,3-4,9H2,1-2H3. The van der Waals surface area contributed by atoms with Crippen LogP contribution in [-0.2, 0) is 10.2 Å². The molecule has 1 aromatic heterocycles. The van der Waals surface area contributed by atoms with Gasteiger partial charge in [-0.1, -0.05) is 30.0 Å². The maximum absolute atomic E-state index is 12.1. The second-order valence-electron chi connectivity index (χ2n) is 4.65. The van der Waals surface area contributed by atoms with Gasteiger partial charge in [0.05, 0.1) is 0 Å². The zero-order valence-corrected chi connectivity index (χ0v) is 13.6. The Kier molecular flexibility index (Phi) is 5.27. The van der Waals surface area contributed by atoms with E-state index in [1.54, 1.807) is 19.2 Å². The topological polar surface area (TPSA) is 75.2 Å². The highest BCUT2D eigenvalue weighted by atomic mass is 32.2. The smallest absolute Gasteiger partial charge is 0.271 e. The van der Waals surface area contributed by atoms with Gasteiger partial charge in [-0.2, -0.15) is 12.7 Å². The first-order valence-electron chi connectivity index (χ1n) is 6.64. The van der Waals surface area contributed by atoms with Crippen LogP contribution in [0.15, 0.2) is 29.6 Å². The molecule has 2 rings (SSSR count). The Morgan fingerprint density at radius 2 is 2.00 bits per heavy atom. The van der Waals surface area contributed by atoms with E-state index in [-0.39, 0.29) is 0 Å². The van der Waals surface area contributed by atoms with Crippen LogP contribution in [0.1, 0.15) is 19.8 Å². The predicted octanol–water partition coefficient (Wildman–Crippen LogP) is 2.59. The van der Waals surface area contributed by atoms with Gasteiger partial charge in [0.2, 0.25) is 0 Å². The predicted molar refractivity (Wildman–Crippen MR) is 85.4 cm³/mol. The number of nitrogens with one attached hydrogen (secondary N) is 1. The Morgan fingerprint density at radius 1 is 1.29 bits per heavy atom. The minimum Gasteiger partial charge on any atom is -0.271 e. The number of unbranched alkanes of at least 4 members (excludes halogenated alkanes) is 1. The van der Waals surface area contributed by atoms with E-state index in [2.05, 4.69) is 14.3 Å². The first-order chi connectivity index (χ1) is 10.0. The first-order valence-corrected chi connectivity index (χ1v) is 8.92. The average molecular weight is 326 g/mol. The van der Waals surface area contributed by atoms with E-state index >= 15 is 0 Å². The molecule has 0 saturated heterocycles. The van der Waals surface area contributed by atoms with Crippen LogP contribution in [0.3, 0.4) is 0 Å². The molecule has 21 heavy (non-hydrogen) atoms. The third kappa shape index (κ3) is 4.23. The molecule has 0 aliphatic carbocycles. The Balaban J connectivity index is 2.06. The van der Waals surface area contributed by atoms with Crippen LogP contribution < -0.4 is 4.72 Å². The largest absolute Gasteiger partial charge is 0.301 e. The van der Waals surface area contributed by atoms with Crippen molar-refractivity contribution in [3.63, 3.8) is 0 Å². The normalized spacial score (nSPS) is 11.8. The van der Waals surface area contributed by atoms with Crippen LogP contribution in [0, 0.1) is 0 Å². The summed E-state index contributed by atoms with van der Waals surface area (Å²) in [6.07, 6.45) is 1.80. The van der Waals surface area contributed by atoms with Crippen LogP contribution in [0.4, 0.5) is 5.69 Å². The van der Waals surface area contributed by atoms with Crippen LogP contribution in [-0.4, -0.2) is 35.9 Å². The van der Waals surface area contributed by atoms with Crippen LogP contribution in [0.2, 0.25) is 0 Å². The summed E-state index contributed by atoms with van der Waals surface area (Å²) in [5.41, 5.74) is 2.23. The van der Waals surface area contributed by atoms with Gasteiger partial charge in [-0.3, -0.25) is 4.72 Å². The Hall–Kier alpha value is -1.51. The van der Waals surface area contributed by atoms with Gasteiger partial charge in [-0.25, -0.2) is 0 Å². The molecule has 0 aliphatic heterocycles. The molecule has 0 atom stereocenters. The number of nitrogens with zero attached hydrogens (tertiary/aromatic N) is 3. The summed E-state index contributed by atoms with van der Waals surface area (Å²) in [6, 6.07) is 7.08. The van der Waals surface area contributed by atoms with E-state index in [4.69, 9.17) is 0 Å². The molecule has 114 valence electrons. The highest BCUT2D eigenvalue weighted by molar-refractivity contribution is 7.90. The lowest BCUT2D eigenvalue weighted by molar-refractivity contribution is 0.463. The van der Waals surface area contributed by atoms with Crippen molar-refractivity contribution in [2.45, 2.75) is 19.8 Å². The lowest BCUT2D eigenvalue weighted by Crippen LogP contribution is -2.33. The van der Waals surface area contributed by atoms with Gasteiger partial charge in [0.1, 0.15) is 5.69 Å². The molecule has 1 heterocycles. The number of hydrogen-bond acceptors (Lipinski definition) is 5. The molecule has 0 unspecified atom stereocenters. The zero-order valence-electron chi connectivity index (χ0n) is 12.0. The van der Waals surface area contributed by atoms with Crippen LogP contribution >= 0.6 is 11.5 Å². The number of hydrogen-bond donors (Lipinski definition) is 1. The van der Waals surface area contributed by atoms with Gasteiger partial charge < -0.3 is 0 Å². The van der Waals surface area contributed by atoms with Gasteiger partial charge >= 0.3 is 10.2 Å². The lowest BCUT2D eigenvalue weighted by Gasteiger charge is -2.18. The minimum absolute atomic E-state index is 0.508. The molecule has 6 nitrogen and oxygen atoms in total. The molecular weight excluding hydrogens is 308 g/mol. The van der Waals surface area contributed by atoms with E-state index in [9.17, 15) is 8.42 Å². The third-order valence-electron chi connectivity index (χ3n) is 3.02. The molecule has 0 fully saturated rings. The molecular formula is C13H18N4O2S2. The molecule has 0 bridgehead atoms. The SMILES string of the molecule is CCCCN(C)S(=O)(=O)Nc1ccc(-c2csnn2)cc1. The van der Waals surface area contributed by atoms with Gasteiger partial charge in [0.15, 0.2) is 0 Å². The van der Waals surface area contributed by atoms with Crippen molar-refractivity contribution in [2.75, 3.05) is 18.3 Å². The summed E-state index contributed by atoms with van der Waals surface area (Å²) in [6.45, 7) is 2.54. The minimum atomic E-state index is -3.49. The third-order valence-corrected chi connectivity index (χ3v) is 5.03. The van der Waals surface area contributed by atoms with E-state index in [0.717, 1.165) is 24.1 Å². The highest BCUT2D eigenvalue weighted by Gasteiger charge is 2.16. The van der Waals surface area contributed by atoms with E-state index in [0.29, 0.717) is 12.2 Å². The quantitative estimate of drug-likeness (QED) is 0.848. The Morgan fingerprint density at radius 3 is 2.57 bits per heavy atom.